The summed E-state index contributed by atoms with van der Waals surface area (Å²) in [5.74, 6) is 0.291. The Morgan fingerprint density at radius 1 is 1.40 bits per heavy atom. The summed E-state index contributed by atoms with van der Waals surface area (Å²) in [5, 5.41) is 0. The summed E-state index contributed by atoms with van der Waals surface area (Å²) >= 11 is 0. The van der Waals surface area contributed by atoms with Crippen LogP contribution in [-0.2, 0) is 4.79 Å². The fraction of sp³-hybridized carbons (Fsp3) is 0.467. The number of primary amides is 1. The molecular weight excluding hydrogens is 256 g/mol. The highest BCUT2D eigenvalue weighted by Gasteiger charge is 2.21. The molecule has 1 aromatic rings. The highest BCUT2D eigenvalue weighted by molar-refractivity contribution is 5.95. The standard InChI is InChI=1S/C15H20N2O3/c1-11-5-4-8-17(9-11)14(18)10-20-13-7-3-2-6-12(13)15(16)19/h2-3,6-7,11H,4-5,8-10H2,1H3,(H2,16,19)/t11-/m0/s1. The molecule has 1 aromatic carbocycles. The quantitative estimate of drug-likeness (QED) is 0.904. The van der Waals surface area contributed by atoms with Crippen LogP contribution in [0.3, 0.4) is 0 Å². The van der Waals surface area contributed by atoms with E-state index in [2.05, 4.69) is 6.92 Å². The van der Waals surface area contributed by atoms with Gasteiger partial charge in [0.1, 0.15) is 5.75 Å². The van der Waals surface area contributed by atoms with Gasteiger partial charge in [-0.25, -0.2) is 0 Å². The van der Waals surface area contributed by atoms with Gasteiger partial charge in [0.2, 0.25) is 0 Å². The topological polar surface area (TPSA) is 72.6 Å². The maximum Gasteiger partial charge on any atom is 0.260 e. The summed E-state index contributed by atoms with van der Waals surface area (Å²) in [6.07, 6.45) is 2.19. The van der Waals surface area contributed by atoms with Gasteiger partial charge < -0.3 is 15.4 Å². The Kier molecular flexibility index (Phi) is 4.61. The molecule has 5 heteroatoms. The maximum atomic E-state index is 12.1. The smallest absolute Gasteiger partial charge is 0.260 e. The minimum atomic E-state index is -0.556. The van der Waals surface area contributed by atoms with E-state index in [1.165, 1.54) is 0 Å². The van der Waals surface area contributed by atoms with E-state index < -0.39 is 5.91 Å². The van der Waals surface area contributed by atoms with Crippen LogP contribution in [0.1, 0.15) is 30.1 Å². The number of rotatable bonds is 4. The van der Waals surface area contributed by atoms with Gasteiger partial charge in [-0.3, -0.25) is 9.59 Å². The molecule has 1 heterocycles. The number of piperidine rings is 1. The predicted octanol–water partition coefficient (Wildman–Crippen LogP) is 1.42. The first-order valence-electron chi connectivity index (χ1n) is 6.87. The lowest BCUT2D eigenvalue weighted by Crippen LogP contribution is -2.41. The molecule has 20 heavy (non-hydrogen) atoms. The van der Waals surface area contributed by atoms with Gasteiger partial charge in [-0.2, -0.15) is 0 Å². The first-order chi connectivity index (χ1) is 9.58. The molecule has 1 atom stereocenters. The number of ether oxygens (including phenoxy) is 1. The zero-order valence-electron chi connectivity index (χ0n) is 11.7. The van der Waals surface area contributed by atoms with E-state index in [0.29, 0.717) is 17.2 Å². The predicted molar refractivity (Wildman–Crippen MR) is 75.4 cm³/mol. The Morgan fingerprint density at radius 3 is 2.85 bits per heavy atom. The maximum absolute atomic E-state index is 12.1. The SMILES string of the molecule is C[C@H]1CCCN(C(=O)COc2ccccc2C(N)=O)C1. The van der Waals surface area contributed by atoms with Gasteiger partial charge in [0.05, 0.1) is 5.56 Å². The van der Waals surface area contributed by atoms with Gasteiger partial charge in [-0.1, -0.05) is 19.1 Å². The molecule has 0 spiro atoms. The second-order valence-corrected chi connectivity index (χ2v) is 5.24. The van der Waals surface area contributed by atoms with Crippen molar-refractivity contribution in [2.24, 2.45) is 11.7 Å². The van der Waals surface area contributed by atoms with Crippen molar-refractivity contribution in [2.45, 2.75) is 19.8 Å². The number of carbonyl (C=O) groups excluding carboxylic acids is 2. The van der Waals surface area contributed by atoms with E-state index in [-0.39, 0.29) is 12.5 Å². The van der Waals surface area contributed by atoms with E-state index in [1.807, 2.05) is 4.90 Å². The number of nitrogens with two attached hydrogens (primary N) is 1. The molecule has 2 amide bonds. The number of likely N-dealkylation sites (tertiary alicyclic amines) is 1. The van der Waals surface area contributed by atoms with E-state index in [4.69, 9.17) is 10.5 Å². The van der Waals surface area contributed by atoms with Crippen LogP contribution in [0.4, 0.5) is 0 Å². The average molecular weight is 276 g/mol. The minimum absolute atomic E-state index is 0.0455. The number of para-hydroxylation sites is 1. The molecule has 5 nitrogen and oxygen atoms in total. The van der Waals surface area contributed by atoms with E-state index in [1.54, 1.807) is 24.3 Å². The molecule has 0 radical (unpaired) electrons. The second kappa shape index (κ2) is 6.41. The molecule has 1 saturated heterocycles. The molecule has 1 aliphatic rings. The Bertz CT molecular complexity index is 502. The van der Waals surface area contributed by atoms with Gasteiger partial charge in [0.25, 0.3) is 11.8 Å². The molecule has 0 aliphatic carbocycles. The van der Waals surface area contributed by atoms with Crippen molar-refractivity contribution in [3.05, 3.63) is 29.8 Å². The highest BCUT2D eigenvalue weighted by Crippen LogP contribution is 2.18. The normalized spacial score (nSPS) is 18.6. The van der Waals surface area contributed by atoms with Crippen molar-refractivity contribution < 1.29 is 14.3 Å². The first kappa shape index (κ1) is 14.4. The van der Waals surface area contributed by atoms with Crippen LogP contribution >= 0.6 is 0 Å². The molecule has 0 bridgehead atoms. The lowest BCUT2D eigenvalue weighted by Gasteiger charge is -2.30. The van der Waals surface area contributed by atoms with Crippen molar-refractivity contribution in [3.8, 4) is 5.75 Å². The van der Waals surface area contributed by atoms with Crippen molar-refractivity contribution >= 4 is 11.8 Å². The molecule has 2 N–H and O–H groups in total. The number of hydrogen-bond donors (Lipinski definition) is 1. The van der Waals surface area contributed by atoms with Crippen molar-refractivity contribution in [1.29, 1.82) is 0 Å². The van der Waals surface area contributed by atoms with Gasteiger partial charge in [0, 0.05) is 13.1 Å². The van der Waals surface area contributed by atoms with Gasteiger partial charge in [-0.15, -0.1) is 0 Å². The Hall–Kier alpha value is -2.04. The summed E-state index contributed by atoms with van der Waals surface area (Å²) in [4.78, 5) is 25.2. The van der Waals surface area contributed by atoms with Crippen molar-refractivity contribution in [2.75, 3.05) is 19.7 Å². The summed E-state index contributed by atoms with van der Waals surface area (Å²) in [6, 6.07) is 6.69. The van der Waals surface area contributed by atoms with Crippen molar-refractivity contribution in [1.82, 2.24) is 4.90 Å². The second-order valence-electron chi connectivity index (χ2n) is 5.24. The van der Waals surface area contributed by atoms with Crippen LogP contribution in [0, 0.1) is 5.92 Å². The third-order valence-corrected chi connectivity index (χ3v) is 3.51. The molecule has 0 aromatic heterocycles. The number of nitrogens with zero attached hydrogens (tertiary/aromatic N) is 1. The van der Waals surface area contributed by atoms with E-state index in [0.717, 1.165) is 25.9 Å². The summed E-state index contributed by atoms with van der Waals surface area (Å²) in [5.41, 5.74) is 5.57. The third kappa shape index (κ3) is 3.50. The van der Waals surface area contributed by atoms with Crippen molar-refractivity contribution in [3.63, 3.8) is 0 Å². The molecule has 1 aliphatic heterocycles. The van der Waals surface area contributed by atoms with E-state index >= 15 is 0 Å². The third-order valence-electron chi connectivity index (χ3n) is 3.51. The summed E-state index contributed by atoms with van der Waals surface area (Å²) in [6.45, 7) is 3.64. The van der Waals surface area contributed by atoms with Crippen LogP contribution in [0.5, 0.6) is 5.75 Å². The molecule has 0 saturated carbocycles. The van der Waals surface area contributed by atoms with Gasteiger partial charge in [0.15, 0.2) is 6.61 Å². The van der Waals surface area contributed by atoms with Gasteiger partial charge in [-0.05, 0) is 30.9 Å². The lowest BCUT2D eigenvalue weighted by atomic mass is 10.0. The van der Waals surface area contributed by atoms with Crippen LogP contribution in [0.25, 0.3) is 0 Å². The lowest BCUT2D eigenvalue weighted by molar-refractivity contribution is -0.135. The molecular formula is C15H20N2O3. The first-order valence-corrected chi connectivity index (χ1v) is 6.87. The number of amides is 2. The molecule has 0 unspecified atom stereocenters. The summed E-state index contributed by atoms with van der Waals surface area (Å²) < 4.78 is 5.46. The van der Waals surface area contributed by atoms with Gasteiger partial charge >= 0.3 is 0 Å². The number of carbonyl (C=O) groups is 2. The van der Waals surface area contributed by atoms with Crippen LogP contribution in [0.2, 0.25) is 0 Å². The van der Waals surface area contributed by atoms with Crippen LogP contribution < -0.4 is 10.5 Å². The fourth-order valence-corrected chi connectivity index (χ4v) is 2.44. The zero-order valence-corrected chi connectivity index (χ0v) is 11.7. The Balaban J connectivity index is 1.95. The number of hydrogen-bond acceptors (Lipinski definition) is 3. The average Bonchev–Trinajstić information content (AvgIpc) is 2.45. The minimum Gasteiger partial charge on any atom is -0.483 e. The van der Waals surface area contributed by atoms with Crippen LogP contribution in [-0.4, -0.2) is 36.4 Å². The number of benzene rings is 1. The zero-order chi connectivity index (χ0) is 14.5. The molecule has 1 fully saturated rings. The van der Waals surface area contributed by atoms with E-state index in [9.17, 15) is 9.59 Å². The molecule has 108 valence electrons. The Morgan fingerprint density at radius 2 is 2.15 bits per heavy atom. The Labute approximate surface area is 118 Å². The molecule has 2 rings (SSSR count). The largest absolute Gasteiger partial charge is 0.483 e. The fourth-order valence-electron chi connectivity index (χ4n) is 2.44. The highest BCUT2D eigenvalue weighted by atomic mass is 16.5. The summed E-state index contributed by atoms with van der Waals surface area (Å²) in [7, 11) is 0. The monoisotopic (exact) mass is 276 g/mol. The van der Waals surface area contributed by atoms with Crippen LogP contribution in [0.15, 0.2) is 24.3 Å².